The lowest BCUT2D eigenvalue weighted by Crippen LogP contribution is -2.55. The molecule has 1 aromatic rings. The predicted octanol–water partition coefficient (Wildman–Crippen LogP) is 2.00. The Bertz CT molecular complexity index is 403. The van der Waals surface area contributed by atoms with E-state index in [9.17, 15) is 0 Å². The average Bonchev–Trinajstić information content (AvgIpc) is 2.67. The highest BCUT2D eigenvalue weighted by molar-refractivity contribution is 7.15. The van der Waals surface area contributed by atoms with Crippen molar-refractivity contribution >= 4 is 16.5 Å². The summed E-state index contributed by atoms with van der Waals surface area (Å²) >= 11 is 1.75. The highest BCUT2D eigenvalue weighted by atomic mass is 32.1. The molecule has 18 heavy (non-hydrogen) atoms. The highest BCUT2D eigenvalue weighted by Gasteiger charge is 2.28. The summed E-state index contributed by atoms with van der Waals surface area (Å²) in [6.07, 6.45) is 0. The van der Waals surface area contributed by atoms with E-state index in [-0.39, 0.29) is 6.04 Å². The van der Waals surface area contributed by atoms with Crippen molar-refractivity contribution in [2.75, 3.05) is 25.0 Å². The second-order valence-corrected chi connectivity index (χ2v) is 6.51. The molecule has 0 saturated carbocycles. The lowest BCUT2D eigenvalue weighted by molar-refractivity contribution is 0.170. The van der Waals surface area contributed by atoms with Crippen LogP contribution in [0.25, 0.3) is 0 Å². The number of nitrogens with zero attached hydrogens (tertiary/aromatic N) is 3. The van der Waals surface area contributed by atoms with Gasteiger partial charge in [-0.05, 0) is 34.7 Å². The molecule has 3 atom stereocenters. The Morgan fingerprint density at radius 2 is 1.89 bits per heavy atom. The van der Waals surface area contributed by atoms with Crippen molar-refractivity contribution in [3.8, 4) is 0 Å². The van der Waals surface area contributed by atoms with Gasteiger partial charge in [-0.3, -0.25) is 4.90 Å². The van der Waals surface area contributed by atoms with Crippen LogP contribution < -0.4 is 10.6 Å². The summed E-state index contributed by atoms with van der Waals surface area (Å²) in [6.45, 7) is 10.7. The predicted molar refractivity (Wildman–Crippen MR) is 78.4 cm³/mol. The van der Waals surface area contributed by atoms with E-state index in [0.717, 1.165) is 23.9 Å². The molecule has 0 bridgehead atoms. The first kappa shape index (κ1) is 13.8. The third-order valence-electron chi connectivity index (χ3n) is 3.86. The number of nitrogens with two attached hydrogens (primary N) is 1. The topological polar surface area (TPSA) is 45.4 Å². The summed E-state index contributed by atoms with van der Waals surface area (Å²) in [5, 5.41) is 1.13. The molecule has 1 saturated heterocycles. The van der Waals surface area contributed by atoms with E-state index in [0.29, 0.717) is 12.1 Å². The van der Waals surface area contributed by atoms with Crippen molar-refractivity contribution in [2.24, 2.45) is 5.73 Å². The van der Waals surface area contributed by atoms with Crippen molar-refractivity contribution in [3.63, 3.8) is 0 Å². The van der Waals surface area contributed by atoms with E-state index in [1.165, 1.54) is 4.88 Å². The zero-order valence-corrected chi connectivity index (χ0v) is 12.8. The van der Waals surface area contributed by atoms with Gasteiger partial charge >= 0.3 is 0 Å². The maximum atomic E-state index is 5.98. The fourth-order valence-corrected chi connectivity index (χ4v) is 3.55. The number of thiazole rings is 1. The largest absolute Gasteiger partial charge is 0.345 e. The molecule has 0 amide bonds. The molecule has 102 valence electrons. The van der Waals surface area contributed by atoms with Crippen LogP contribution in [0.4, 0.5) is 5.13 Å². The fourth-order valence-electron chi connectivity index (χ4n) is 2.51. The van der Waals surface area contributed by atoms with Gasteiger partial charge in [0, 0.05) is 36.1 Å². The maximum Gasteiger partial charge on any atom is 0.185 e. The molecular weight excluding hydrogens is 244 g/mol. The van der Waals surface area contributed by atoms with Gasteiger partial charge in [0.2, 0.25) is 0 Å². The van der Waals surface area contributed by atoms with Crippen LogP contribution in [-0.4, -0.2) is 42.1 Å². The number of rotatable bonds is 2. The number of piperazine rings is 1. The third-order valence-corrected chi connectivity index (χ3v) is 5.28. The molecule has 1 fully saturated rings. The van der Waals surface area contributed by atoms with Crippen molar-refractivity contribution in [1.82, 2.24) is 9.88 Å². The average molecular weight is 268 g/mol. The third kappa shape index (κ3) is 2.53. The smallest absolute Gasteiger partial charge is 0.185 e. The Kier molecular flexibility index (Phi) is 3.94. The molecule has 2 N–H and O–H groups in total. The minimum Gasteiger partial charge on any atom is -0.345 e. The molecule has 1 aliphatic rings. The molecule has 1 aliphatic heterocycles. The Hall–Kier alpha value is -0.650. The summed E-state index contributed by atoms with van der Waals surface area (Å²) in [4.78, 5) is 10.7. The Morgan fingerprint density at radius 1 is 1.33 bits per heavy atom. The van der Waals surface area contributed by atoms with E-state index in [2.05, 4.69) is 37.6 Å². The maximum absolute atomic E-state index is 5.98. The Balaban J connectivity index is 2.19. The monoisotopic (exact) mass is 268 g/mol. The van der Waals surface area contributed by atoms with Gasteiger partial charge in [0.1, 0.15) is 0 Å². The van der Waals surface area contributed by atoms with E-state index in [1.54, 1.807) is 11.3 Å². The first-order chi connectivity index (χ1) is 8.40. The van der Waals surface area contributed by atoms with Gasteiger partial charge < -0.3 is 10.6 Å². The quantitative estimate of drug-likeness (QED) is 0.891. The molecule has 3 unspecified atom stereocenters. The molecule has 0 aliphatic carbocycles. The molecular formula is C13H24N4S. The molecule has 4 nitrogen and oxygen atoms in total. The Morgan fingerprint density at radius 3 is 2.33 bits per heavy atom. The van der Waals surface area contributed by atoms with Gasteiger partial charge in [-0.2, -0.15) is 0 Å². The highest BCUT2D eigenvalue weighted by Crippen LogP contribution is 2.31. The SMILES string of the molecule is Cc1nc(N2CC(C)N(C)C(C)C2)sc1C(C)N. The second kappa shape index (κ2) is 5.15. The summed E-state index contributed by atoms with van der Waals surface area (Å²) < 4.78 is 0. The van der Waals surface area contributed by atoms with Crippen LogP contribution >= 0.6 is 11.3 Å². The van der Waals surface area contributed by atoms with Gasteiger partial charge in [0.05, 0.1) is 5.69 Å². The van der Waals surface area contributed by atoms with Gasteiger partial charge in [0.25, 0.3) is 0 Å². The summed E-state index contributed by atoms with van der Waals surface area (Å²) in [5.41, 5.74) is 7.06. The Labute approximate surface area is 114 Å². The van der Waals surface area contributed by atoms with Gasteiger partial charge in [-0.15, -0.1) is 11.3 Å². The lowest BCUT2D eigenvalue weighted by atomic mass is 10.1. The number of hydrogen-bond acceptors (Lipinski definition) is 5. The first-order valence-electron chi connectivity index (χ1n) is 6.60. The molecule has 0 radical (unpaired) electrons. The molecule has 5 heteroatoms. The van der Waals surface area contributed by atoms with Crippen molar-refractivity contribution in [1.29, 1.82) is 0 Å². The van der Waals surface area contributed by atoms with Crippen LogP contribution in [0.15, 0.2) is 0 Å². The van der Waals surface area contributed by atoms with Gasteiger partial charge in [-0.1, -0.05) is 0 Å². The zero-order chi connectivity index (χ0) is 13.4. The van der Waals surface area contributed by atoms with E-state index in [1.807, 2.05) is 6.92 Å². The lowest BCUT2D eigenvalue weighted by Gasteiger charge is -2.42. The van der Waals surface area contributed by atoms with Gasteiger partial charge in [-0.25, -0.2) is 4.98 Å². The number of aryl methyl sites for hydroxylation is 1. The summed E-state index contributed by atoms with van der Waals surface area (Å²) in [7, 11) is 2.20. The number of hydrogen-bond donors (Lipinski definition) is 1. The van der Waals surface area contributed by atoms with E-state index < -0.39 is 0 Å². The number of likely N-dealkylation sites (N-methyl/N-ethyl adjacent to an activating group) is 1. The molecule has 0 spiro atoms. The van der Waals surface area contributed by atoms with Crippen molar-refractivity contribution in [2.45, 2.75) is 45.8 Å². The van der Waals surface area contributed by atoms with Crippen molar-refractivity contribution in [3.05, 3.63) is 10.6 Å². The molecule has 1 aromatic heterocycles. The standard InChI is InChI=1S/C13H24N4S/c1-8-6-17(7-9(2)16(8)5)13-15-11(4)12(18-13)10(3)14/h8-10H,6-7,14H2,1-5H3. The van der Waals surface area contributed by atoms with Crippen LogP contribution in [0.1, 0.15) is 37.4 Å². The first-order valence-corrected chi connectivity index (χ1v) is 7.41. The normalized spacial score (nSPS) is 27.6. The van der Waals surface area contributed by atoms with Crippen LogP contribution in [0.5, 0.6) is 0 Å². The zero-order valence-electron chi connectivity index (χ0n) is 12.0. The number of aromatic nitrogens is 1. The second-order valence-electron chi connectivity index (χ2n) is 5.50. The van der Waals surface area contributed by atoms with Gasteiger partial charge in [0.15, 0.2) is 5.13 Å². The van der Waals surface area contributed by atoms with Crippen LogP contribution in [0.3, 0.4) is 0 Å². The minimum atomic E-state index is 0.0820. The number of anilines is 1. The van der Waals surface area contributed by atoms with Crippen molar-refractivity contribution < 1.29 is 0 Å². The fraction of sp³-hybridized carbons (Fsp3) is 0.769. The van der Waals surface area contributed by atoms with E-state index in [4.69, 9.17) is 10.7 Å². The minimum absolute atomic E-state index is 0.0820. The molecule has 2 rings (SSSR count). The summed E-state index contributed by atoms with van der Waals surface area (Å²) in [5.74, 6) is 0. The van der Waals surface area contributed by atoms with Crippen LogP contribution in [-0.2, 0) is 0 Å². The van der Waals surface area contributed by atoms with Crippen LogP contribution in [0.2, 0.25) is 0 Å². The van der Waals surface area contributed by atoms with Crippen LogP contribution in [0, 0.1) is 6.92 Å². The summed E-state index contributed by atoms with van der Waals surface area (Å²) in [6, 6.07) is 1.21. The molecule has 2 heterocycles. The molecule has 0 aromatic carbocycles. The van der Waals surface area contributed by atoms with E-state index >= 15 is 0 Å².